The van der Waals surface area contributed by atoms with E-state index in [0.29, 0.717) is 29.2 Å². The first-order valence-electron chi connectivity index (χ1n) is 12.6. The maximum Gasteiger partial charge on any atom is 0.295 e. The highest BCUT2D eigenvalue weighted by Crippen LogP contribution is 2.41. The fraction of sp³-hybridized carbons (Fsp3) is 0.156. The summed E-state index contributed by atoms with van der Waals surface area (Å²) in [6, 6.07) is 24.8. The fourth-order valence-corrected chi connectivity index (χ4v) is 4.69. The number of nitrogens with zero attached hydrogens (tertiary/aromatic N) is 2. The van der Waals surface area contributed by atoms with Crippen LogP contribution in [0.2, 0.25) is 0 Å². The molecule has 3 aromatic carbocycles. The molecule has 4 aromatic rings. The van der Waals surface area contributed by atoms with Crippen molar-refractivity contribution < 1.29 is 24.2 Å². The van der Waals surface area contributed by atoms with Gasteiger partial charge in [-0.3, -0.25) is 14.6 Å². The molecule has 196 valence electrons. The summed E-state index contributed by atoms with van der Waals surface area (Å²) in [7, 11) is 1.55. The standard InChI is InChI=1S/C32H28N2O5/c1-21-7-3-4-9-25(21)20-39-26-14-12-23(13-15-26)30(35)28-29(24-10-5-11-27(17-24)38-2)34(32(37)31(28)36)19-22-8-6-16-33-18-22/h3-18,29,35H,19-20H2,1-2H3/t29-/m1/s1. The molecule has 1 aliphatic rings. The Morgan fingerprint density at radius 2 is 1.74 bits per heavy atom. The smallest absolute Gasteiger partial charge is 0.295 e. The molecule has 1 fully saturated rings. The Bertz CT molecular complexity index is 1530. The summed E-state index contributed by atoms with van der Waals surface area (Å²) < 4.78 is 11.3. The first-order valence-corrected chi connectivity index (χ1v) is 12.6. The highest BCUT2D eigenvalue weighted by molar-refractivity contribution is 6.46. The van der Waals surface area contributed by atoms with E-state index in [2.05, 4.69) is 4.98 Å². The summed E-state index contributed by atoms with van der Waals surface area (Å²) in [5, 5.41) is 11.4. The number of methoxy groups -OCH3 is 1. The molecule has 2 heterocycles. The Kier molecular flexibility index (Phi) is 7.41. The fourth-order valence-electron chi connectivity index (χ4n) is 4.69. The number of aliphatic hydroxyl groups is 1. The van der Waals surface area contributed by atoms with Gasteiger partial charge in [0.1, 0.15) is 23.9 Å². The van der Waals surface area contributed by atoms with E-state index in [1.54, 1.807) is 68.0 Å². The summed E-state index contributed by atoms with van der Waals surface area (Å²) in [6.07, 6.45) is 3.29. The molecule has 0 saturated carbocycles. The van der Waals surface area contributed by atoms with Crippen molar-refractivity contribution in [2.75, 3.05) is 7.11 Å². The van der Waals surface area contributed by atoms with Gasteiger partial charge in [-0.2, -0.15) is 0 Å². The largest absolute Gasteiger partial charge is 0.507 e. The van der Waals surface area contributed by atoms with Crippen molar-refractivity contribution in [3.05, 3.63) is 131 Å². The average molecular weight is 521 g/mol. The van der Waals surface area contributed by atoms with Crippen LogP contribution in [0.4, 0.5) is 0 Å². The van der Waals surface area contributed by atoms with Gasteiger partial charge in [0.15, 0.2) is 0 Å². The Morgan fingerprint density at radius 3 is 2.46 bits per heavy atom. The van der Waals surface area contributed by atoms with Crippen molar-refractivity contribution in [2.45, 2.75) is 26.1 Å². The number of ketones is 1. The molecule has 7 heteroatoms. The quantitative estimate of drug-likeness (QED) is 0.185. The number of rotatable bonds is 8. The van der Waals surface area contributed by atoms with Gasteiger partial charge in [0.2, 0.25) is 0 Å². The number of aromatic nitrogens is 1. The maximum absolute atomic E-state index is 13.3. The zero-order chi connectivity index (χ0) is 27.4. The molecule has 1 aromatic heterocycles. The van der Waals surface area contributed by atoms with Crippen LogP contribution in [0, 0.1) is 6.92 Å². The van der Waals surface area contributed by atoms with Crippen molar-refractivity contribution in [1.29, 1.82) is 0 Å². The lowest BCUT2D eigenvalue weighted by Gasteiger charge is -2.25. The van der Waals surface area contributed by atoms with E-state index in [4.69, 9.17) is 9.47 Å². The second-order valence-corrected chi connectivity index (χ2v) is 9.30. The minimum atomic E-state index is -0.808. The number of benzene rings is 3. The molecule has 0 unspecified atom stereocenters. The molecule has 0 spiro atoms. The van der Waals surface area contributed by atoms with Gasteiger partial charge in [0.05, 0.1) is 18.7 Å². The van der Waals surface area contributed by atoms with Gasteiger partial charge < -0.3 is 19.5 Å². The van der Waals surface area contributed by atoms with Crippen LogP contribution in [-0.2, 0) is 22.7 Å². The maximum atomic E-state index is 13.3. The van der Waals surface area contributed by atoms with Crippen LogP contribution in [0.3, 0.4) is 0 Å². The molecule has 1 atom stereocenters. The number of amides is 1. The van der Waals surface area contributed by atoms with Gasteiger partial charge in [-0.25, -0.2) is 0 Å². The van der Waals surface area contributed by atoms with E-state index in [9.17, 15) is 14.7 Å². The number of aryl methyl sites for hydroxylation is 1. The van der Waals surface area contributed by atoms with Crippen LogP contribution >= 0.6 is 0 Å². The molecule has 7 nitrogen and oxygen atoms in total. The van der Waals surface area contributed by atoms with Crippen LogP contribution in [0.15, 0.2) is 103 Å². The summed E-state index contributed by atoms with van der Waals surface area (Å²) in [6.45, 7) is 2.60. The van der Waals surface area contributed by atoms with Crippen LogP contribution < -0.4 is 9.47 Å². The van der Waals surface area contributed by atoms with Gasteiger partial charge in [-0.1, -0.05) is 42.5 Å². The minimum Gasteiger partial charge on any atom is -0.507 e. The number of carbonyl (C=O) groups excluding carboxylic acids is 2. The summed E-state index contributed by atoms with van der Waals surface area (Å²) in [5.74, 6) is -0.485. The van der Waals surface area contributed by atoms with Gasteiger partial charge in [0.25, 0.3) is 11.7 Å². The third kappa shape index (κ3) is 5.38. The number of ether oxygens (including phenoxy) is 2. The van der Waals surface area contributed by atoms with Crippen LogP contribution in [-0.4, -0.2) is 33.8 Å². The molecule has 1 N–H and O–H groups in total. The van der Waals surface area contributed by atoms with Crippen molar-refractivity contribution >= 4 is 17.4 Å². The van der Waals surface area contributed by atoms with Gasteiger partial charge >= 0.3 is 0 Å². The lowest BCUT2D eigenvalue weighted by Crippen LogP contribution is -2.29. The Balaban J connectivity index is 1.49. The summed E-state index contributed by atoms with van der Waals surface area (Å²) in [4.78, 5) is 32.2. The summed E-state index contributed by atoms with van der Waals surface area (Å²) >= 11 is 0. The zero-order valence-corrected chi connectivity index (χ0v) is 21.7. The normalized spacial score (nSPS) is 16.4. The third-order valence-corrected chi connectivity index (χ3v) is 6.81. The highest BCUT2D eigenvalue weighted by Gasteiger charge is 2.46. The SMILES string of the molecule is COc1cccc([C@@H]2C(=C(O)c3ccc(OCc4ccccc4C)cc3)C(=O)C(=O)N2Cc2cccnc2)c1. The van der Waals surface area contributed by atoms with E-state index in [1.807, 2.05) is 43.3 Å². The zero-order valence-electron chi connectivity index (χ0n) is 21.7. The lowest BCUT2D eigenvalue weighted by atomic mass is 9.95. The first kappa shape index (κ1) is 25.7. The Labute approximate surface area is 227 Å². The molecule has 5 rings (SSSR count). The van der Waals surface area contributed by atoms with Crippen molar-refractivity contribution in [1.82, 2.24) is 9.88 Å². The molecular weight excluding hydrogens is 492 g/mol. The molecule has 1 aliphatic heterocycles. The van der Waals surface area contributed by atoms with Crippen LogP contribution in [0.25, 0.3) is 5.76 Å². The predicted molar refractivity (Wildman–Crippen MR) is 147 cm³/mol. The number of likely N-dealkylation sites (tertiary alicyclic amines) is 1. The third-order valence-electron chi connectivity index (χ3n) is 6.81. The first-order chi connectivity index (χ1) is 19.0. The molecule has 0 bridgehead atoms. The molecule has 1 saturated heterocycles. The molecule has 0 radical (unpaired) electrons. The number of Topliss-reactive ketones (excluding diaryl/α,β-unsaturated/α-hetero) is 1. The number of pyridine rings is 1. The van der Waals surface area contributed by atoms with E-state index < -0.39 is 17.7 Å². The van der Waals surface area contributed by atoms with Gasteiger partial charge in [0, 0.05) is 24.5 Å². The van der Waals surface area contributed by atoms with E-state index in [-0.39, 0.29) is 17.9 Å². The average Bonchev–Trinajstić information content (AvgIpc) is 3.22. The molecule has 39 heavy (non-hydrogen) atoms. The molecule has 0 aliphatic carbocycles. The second-order valence-electron chi connectivity index (χ2n) is 9.30. The van der Waals surface area contributed by atoms with E-state index >= 15 is 0 Å². The Morgan fingerprint density at radius 1 is 0.949 bits per heavy atom. The number of aliphatic hydroxyl groups excluding tert-OH is 1. The van der Waals surface area contributed by atoms with Crippen LogP contribution in [0.1, 0.15) is 33.9 Å². The van der Waals surface area contributed by atoms with Crippen molar-refractivity contribution in [3.63, 3.8) is 0 Å². The number of hydrogen-bond acceptors (Lipinski definition) is 6. The molecule has 1 amide bonds. The van der Waals surface area contributed by atoms with E-state index in [0.717, 1.165) is 16.7 Å². The van der Waals surface area contributed by atoms with Crippen molar-refractivity contribution in [2.24, 2.45) is 0 Å². The highest BCUT2D eigenvalue weighted by atomic mass is 16.5. The lowest BCUT2D eigenvalue weighted by molar-refractivity contribution is -0.140. The predicted octanol–water partition coefficient (Wildman–Crippen LogP) is 5.60. The topological polar surface area (TPSA) is 89.0 Å². The monoisotopic (exact) mass is 520 g/mol. The van der Waals surface area contributed by atoms with E-state index in [1.165, 1.54) is 4.90 Å². The number of carbonyl (C=O) groups is 2. The minimum absolute atomic E-state index is 0.0192. The van der Waals surface area contributed by atoms with Gasteiger partial charge in [-0.15, -0.1) is 0 Å². The Hall–Kier alpha value is -4.91. The van der Waals surface area contributed by atoms with Gasteiger partial charge in [-0.05, 0) is 71.6 Å². The molecular formula is C32H28N2O5. The number of hydrogen-bond donors (Lipinski definition) is 1. The van der Waals surface area contributed by atoms with Crippen molar-refractivity contribution in [3.8, 4) is 11.5 Å². The summed E-state index contributed by atoms with van der Waals surface area (Å²) in [5.41, 5.74) is 4.06. The second kappa shape index (κ2) is 11.2. The van der Waals surface area contributed by atoms with Crippen LogP contribution in [0.5, 0.6) is 11.5 Å².